The maximum absolute atomic E-state index is 12.2. The topological polar surface area (TPSA) is 60.4 Å². The van der Waals surface area contributed by atoms with Crippen molar-refractivity contribution in [3.05, 3.63) is 29.8 Å². The Bertz CT molecular complexity index is 545. The van der Waals surface area contributed by atoms with Gasteiger partial charge in [0.05, 0.1) is 17.1 Å². The number of hydrogen-bond donors (Lipinski definition) is 0. The van der Waals surface area contributed by atoms with Crippen LogP contribution in [0.25, 0.3) is 0 Å². The summed E-state index contributed by atoms with van der Waals surface area (Å²) >= 11 is 0. The third-order valence-corrected chi connectivity index (χ3v) is 4.93. The van der Waals surface area contributed by atoms with Crippen molar-refractivity contribution in [2.45, 2.75) is 31.3 Å². The zero-order chi connectivity index (χ0) is 13.3. The van der Waals surface area contributed by atoms with Gasteiger partial charge in [-0.25, -0.2) is 8.42 Å². The summed E-state index contributed by atoms with van der Waals surface area (Å²) < 4.78 is 29.4. The second kappa shape index (κ2) is 4.72. The molecule has 2 atom stereocenters. The van der Waals surface area contributed by atoms with Crippen molar-refractivity contribution < 1.29 is 17.9 Å². The molecule has 0 bridgehead atoms. The van der Waals surface area contributed by atoms with Gasteiger partial charge in [-0.2, -0.15) is 0 Å². The average Bonchev–Trinajstić information content (AvgIpc) is 2.57. The fourth-order valence-electron chi connectivity index (χ4n) is 1.98. The molecule has 1 aliphatic rings. The highest BCUT2D eigenvalue weighted by atomic mass is 32.2. The van der Waals surface area contributed by atoms with E-state index in [-0.39, 0.29) is 22.5 Å². The van der Waals surface area contributed by atoms with Crippen molar-refractivity contribution in [2.24, 2.45) is 5.92 Å². The van der Waals surface area contributed by atoms with Crippen molar-refractivity contribution >= 4 is 15.8 Å². The van der Waals surface area contributed by atoms with Crippen LogP contribution in [0, 0.1) is 12.8 Å². The van der Waals surface area contributed by atoms with E-state index in [0.717, 1.165) is 5.56 Å². The minimum Gasteiger partial charge on any atom is -0.461 e. The fourth-order valence-corrected chi connectivity index (χ4v) is 3.56. The van der Waals surface area contributed by atoms with E-state index >= 15 is 0 Å². The Morgan fingerprint density at radius 2 is 1.89 bits per heavy atom. The monoisotopic (exact) mass is 268 g/mol. The molecule has 2 rings (SSSR count). The summed E-state index contributed by atoms with van der Waals surface area (Å²) in [4.78, 5) is 11.4. The smallest absolute Gasteiger partial charge is 0.306 e. The molecule has 18 heavy (non-hydrogen) atoms. The lowest BCUT2D eigenvalue weighted by Crippen LogP contribution is -2.25. The van der Waals surface area contributed by atoms with E-state index in [1.165, 1.54) is 0 Å². The maximum atomic E-state index is 12.2. The Labute approximate surface area is 107 Å². The van der Waals surface area contributed by atoms with E-state index < -0.39 is 15.9 Å². The number of cyclic esters (lactones) is 1. The van der Waals surface area contributed by atoms with Crippen LogP contribution in [0.1, 0.15) is 18.9 Å². The van der Waals surface area contributed by atoms with E-state index in [0.29, 0.717) is 6.42 Å². The van der Waals surface area contributed by atoms with Crippen LogP contribution < -0.4 is 0 Å². The molecule has 0 aromatic heterocycles. The second-order valence-electron chi connectivity index (χ2n) is 4.80. The van der Waals surface area contributed by atoms with Gasteiger partial charge in [-0.15, -0.1) is 0 Å². The molecule has 5 heteroatoms. The summed E-state index contributed by atoms with van der Waals surface area (Å²) in [5.41, 5.74) is 1.01. The van der Waals surface area contributed by atoms with Crippen LogP contribution in [0.2, 0.25) is 0 Å². The summed E-state index contributed by atoms with van der Waals surface area (Å²) in [6.45, 7) is 3.73. The Morgan fingerprint density at radius 3 is 2.39 bits per heavy atom. The Balaban J connectivity index is 2.17. The molecule has 1 aromatic rings. The van der Waals surface area contributed by atoms with Gasteiger partial charge in [0.15, 0.2) is 9.84 Å². The number of aryl methyl sites for hydroxylation is 1. The molecular formula is C13H16O4S. The van der Waals surface area contributed by atoms with Crippen LogP contribution in [-0.2, 0) is 19.4 Å². The molecule has 1 saturated heterocycles. The minimum atomic E-state index is -3.39. The first-order valence-electron chi connectivity index (χ1n) is 5.87. The second-order valence-corrected chi connectivity index (χ2v) is 6.84. The summed E-state index contributed by atoms with van der Waals surface area (Å²) in [7, 11) is -3.39. The SMILES string of the molecule is Cc1ccc(S(=O)(=O)C[C@H]2OC(=O)C[C@H]2C)cc1. The van der Waals surface area contributed by atoms with Crippen molar-refractivity contribution in [1.82, 2.24) is 0 Å². The lowest BCUT2D eigenvalue weighted by molar-refractivity contribution is -0.140. The molecule has 1 aromatic carbocycles. The standard InChI is InChI=1S/C13H16O4S/c1-9-3-5-11(6-4-9)18(15,16)8-12-10(2)7-13(14)17-12/h3-6,10,12H,7-8H2,1-2H3/t10-,12-/m1/s1. The first kappa shape index (κ1) is 13.1. The largest absolute Gasteiger partial charge is 0.461 e. The van der Waals surface area contributed by atoms with Gasteiger partial charge < -0.3 is 4.74 Å². The molecule has 0 unspecified atom stereocenters. The zero-order valence-electron chi connectivity index (χ0n) is 10.4. The van der Waals surface area contributed by atoms with Crippen LogP contribution in [0.3, 0.4) is 0 Å². The summed E-state index contributed by atoms with van der Waals surface area (Å²) in [6.07, 6.45) is -0.225. The number of sulfone groups is 1. The third kappa shape index (κ3) is 2.72. The highest BCUT2D eigenvalue weighted by Gasteiger charge is 2.35. The van der Waals surface area contributed by atoms with E-state index in [1.54, 1.807) is 24.3 Å². The Morgan fingerprint density at radius 1 is 1.28 bits per heavy atom. The summed E-state index contributed by atoms with van der Waals surface area (Å²) in [5, 5.41) is 0. The molecule has 4 nitrogen and oxygen atoms in total. The average molecular weight is 268 g/mol. The molecule has 1 heterocycles. The van der Waals surface area contributed by atoms with E-state index in [2.05, 4.69) is 0 Å². The molecule has 1 fully saturated rings. The number of esters is 1. The normalized spacial score (nSPS) is 24.0. The molecule has 0 N–H and O–H groups in total. The first-order valence-corrected chi connectivity index (χ1v) is 7.52. The van der Waals surface area contributed by atoms with Crippen LogP contribution in [0.5, 0.6) is 0 Å². The number of rotatable bonds is 3. The molecule has 98 valence electrons. The van der Waals surface area contributed by atoms with Gasteiger partial charge in [-0.1, -0.05) is 24.6 Å². The molecule has 0 spiro atoms. The van der Waals surface area contributed by atoms with E-state index in [4.69, 9.17) is 4.74 Å². The molecular weight excluding hydrogens is 252 g/mol. The van der Waals surface area contributed by atoms with E-state index in [1.807, 2.05) is 13.8 Å². The molecule has 0 saturated carbocycles. The molecule has 0 aliphatic carbocycles. The van der Waals surface area contributed by atoms with Gasteiger partial charge in [0, 0.05) is 5.92 Å². The molecule has 1 aliphatic heterocycles. The van der Waals surface area contributed by atoms with Gasteiger partial charge in [0.2, 0.25) is 0 Å². The van der Waals surface area contributed by atoms with Crippen molar-refractivity contribution in [2.75, 3.05) is 5.75 Å². The van der Waals surface area contributed by atoms with Crippen molar-refractivity contribution in [3.63, 3.8) is 0 Å². The van der Waals surface area contributed by atoms with Crippen LogP contribution >= 0.6 is 0 Å². The lowest BCUT2D eigenvalue weighted by atomic mass is 10.1. The summed E-state index contributed by atoms with van der Waals surface area (Å²) in [6, 6.07) is 6.70. The van der Waals surface area contributed by atoms with Gasteiger partial charge in [-0.3, -0.25) is 4.79 Å². The van der Waals surface area contributed by atoms with Gasteiger partial charge in [0.1, 0.15) is 6.10 Å². The Hall–Kier alpha value is -1.36. The first-order chi connectivity index (χ1) is 8.38. The quantitative estimate of drug-likeness (QED) is 0.783. The van der Waals surface area contributed by atoms with Crippen LogP contribution in [0.4, 0.5) is 0 Å². The fraction of sp³-hybridized carbons (Fsp3) is 0.462. The number of hydrogen-bond acceptors (Lipinski definition) is 4. The molecule has 0 amide bonds. The predicted octanol–water partition coefficient (Wildman–Crippen LogP) is 1.72. The third-order valence-electron chi connectivity index (χ3n) is 3.17. The van der Waals surface area contributed by atoms with Gasteiger partial charge >= 0.3 is 5.97 Å². The highest BCUT2D eigenvalue weighted by Crippen LogP contribution is 2.25. The minimum absolute atomic E-state index is 0.0438. The number of carbonyl (C=O) groups is 1. The van der Waals surface area contributed by atoms with Gasteiger partial charge in [0.25, 0.3) is 0 Å². The number of ether oxygens (including phenoxy) is 1. The van der Waals surface area contributed by atoms with Crippen molar-refractivity contribution in [1.29, 1.82) is 0 Å². The van der Waals surface area contributed by atoms with E-state index in [9.17, 15) is 13.2 Å². The number of carbonyl (C=O) groups excluding carboxylic acids is 1. The Kier molecular flexibility index (Phi) is 3.43. The summed E-state index contributed by atoms with van der Waals surface area (Å²) in [5.74, 6) is -0.493. The van der Waals surface area contributed by atoms with Gasteiger partial charge in [-0.05, 0) is 19.1 Å². The maximum Gasteiger partial charge on any atom is 0.306 e. The number of benzene rings is 1. The molecule has 0 radical (unpaired) electrons. The lowest BCUT2D eigenvalue weighted by Gasteiger charge is -2.14. The van der Waals surface area contributed by atoms with Crippen LogP contribution in [-0.4, -0.2) is 26.2 Å². The highest BCUT2D eigenvalue weighted by molar-refractivity contribution is 7.91. The predicted molar refractivity (Wildman–Crippen MR) is 66.9 cm³/mol. The van der Waals surface area contributed by atoms with Crippen LogP contribution in [0.15, 0.2) is 29.2 Å². The zero-order valence-corrected chi connectivity index (χ0v) is 11.2. The van der Waals surface area contributed by atoms with Crippen molar-refractivity contribution in [3.8, 4) is 0 Å².